The largest absolute Gasteiger partial charge is 0.504 e. The van der Waals surface area contributed by atoms with Gasteiger partial charge in [0.05, 0.1) is 0 Å². The van der Waals surface area contributed by atoms with Crippen molar-refractivity contribution in [3.63, 3.8) is 0 Å². The molecule has 0 aromatic heterocycles. The first-order valence-corrected chi connectivity index (χ1v) is 7.85. The summed E-state index contributed by atoms with van der Waals surface area (Å²) in [7, 11) is 0. The zero-order chi connectivity index (χ0) is 15.9. The van der Waals surface area contributed by atoms with Gasteiger partial charge in [0.2, 0.25) is 0 Å². The van der Waals surface area contributed by atoms with Crippen molar-refractivity contribution in [1.82, 2.24) is 0 Å². The second kappa shape index (κ2) is 5.48. The molecule has 2 aromatic carbocycles. The first kappa shape index (κ1) is 14.6. The molecule has 0 atom stereocenters. The zero-order valence-corrected chi connectivity index (χ0v) is 12.9. The van der Waals surface area contributed by atoms with E-state index in [0.29, 0.717) is 35.1 Å². The fourth-order valence-electron chi connectivity index (χ4n) is 3.39. The van der Waals surface area contributed by atoms with Crippen molar-refractivity contribution in [3.05, 3.63) is 46.5 Å². The number of fused-ring (bicyclic) bond motifs is 3. The van der Waals surface area contributed by atoms with E-state index in [2.05, 4.69) is 0 Å². The van der Waals surface area contributed by atoms with Crippen LogP contribution in [0.4, 0.5) is 0 Å². The fourth-order valence-corrected chi connectivity index (χ4v) is 3.39. The molecule has 0 aliphatic heterocycles. The van der Waals surface area contributed by atoms with Crippen molar-refractivity contribution in [2.75, 3.05) is 0 Å². The van der Waals surface area contributed by atoms with Gasteiger partial charge in [0, 0.05) is 27.8 Å². The van der Waals surface area contributed by atoms with Crippen LogP contribution in [-0.4, -0.2) is 16.0 Å². The molecule has 1 aliphatic carbocycles. The molecule has 0 radical (unpaired) electrons. The smallest absolute Gasteiger partial charge is 0.194 e. The maximum absolute atomic E-state index is 12.8. The summed E-state index contributed by atoms with van der Waals surface area (Å²) in [6.07, 6.45) is 2.85. The van der Waals surface area contributed by atoms with E-state index in [1.807, 2.05) is 38.1 Å². The Labute approximate surface area is 130 Å². The highest BCUT2D eigenvalue weighted by Crippen LogP contribution is 2.49. The summed E-state index contributed by atoms with van der Waals surface area (Å²) >= 11 is 0. The highest BCUT2D eigenvalue weighted by Gasteiger charge is 2.34. The number of ketones is 1. The van der Waals surface area contributed by atoms with Crippen molar-refractivity contribution in [1.29, 1.82) is 0 Å². The summed E-state index contributed by atoms with van der Waals surface area (Å²) in [6.45, 7) is 4.01. The third kappa shape index (κ3) is 1.92. The van der Waals surface area contributed by atoms with Gasteiger partial charge in [-0.25, -0.2) is 0 Å². The van der Waals surface area contributed by atoms with Gasteiger partial charge in [-0.2, -0.15) is 0 Å². The summed E-state index contributed by atoms with van der Waals surface area (Å²) < 4.78 is 0. The van der Waals surface area contributed by atoms with Crippen LogP contribution in [0.2, 0.25) is 0 Å². The summed E-state index contributed by atoms with van der Waals surface area (Å²) in [5, 5.41) is 20.8. The minimum absolute atomic E-state index is 0.0401. The van der Waals surface area contributed by atoms with Gasteiger partial charge < -0.3 is 10.2 Å². The van der Waals surface area contributed by atoms with Crippen LogP contribution in [0.25, 0.3) is 11.1 Å². The number of hydrogen-bond acceptors (Lipinski definition) is 3. The topological polar surface area (TPSA) is 57.5 Å². The van der Waals surface area contributed by atoms with Crippen LogP contribution in [0.3, 0.4) is 0 Å². The predicted molar refractivity (Wildman–Crippen MR) is 86.6 cm³/mol. The first-order chi connectivity index (χ1) is 10.6. The van der Waals surface area contributed by atoms with E-state index in [0.717, 1.165) is 24.0 Å². The minimum atomic E-state index is -0.120. The number of carbonyl (C=O) groups is 1. The van der Waals surface area contributed by atoms with Crippen LogP contribution < -0.4 is 0 Å². The Bertz CT molecular complexity index is 760. The molecule has 3 nitrogen and oxygen atoms in total. The Morgan fingerprint density at radius 1 is 0.818 bits per heavy atom. The van der Waals surface area contributed by atoms with Gasteiger partial charge in [-0.1, -0.05) is 51.0 Å². The van der Waals surface area contributed by atoms with Gasteiger partial charge in [-0.15, -0.1) is 0 Å². The minimum Gasteiger partial charge on any atom is -0.504 e. The van der Waals surface area contributed by atoms with Crippen LogP contribution in [0, 0.1) is 0 Å². The average Bonchev–Trinajstić information content (AvgIpc) is 2.82. The Morgan fingerprint density at radius 3 is 1.86 bits per heavy atom. The number of hydrogen-bond donors (Lipinski definition) is 2. The van der Waals surface area contributed by atoms with Crippen LogP contribution in [-0.2, 0) is 12.8 Å². The maximum atomic E-state index is 12.8. The maximum Gasteiger partial charge on any atom is 0.194 e. The molecule has 1 aliphatic rings. The SMILES string of the molecule is CCCc1c(O)c(O)c(CCC)c2c1C(=O)c1ccccc1-2. The van der Waals surface area contributed by atoms with E-state index in [4.69, 9.17) is 0 Å². The van der Waals surface area contributed by atoms with Gasteiger partial charge in [0.15, 0.2) is 17.3 Å². The number of aromatic hydroxyl groups is 2. The fraction of sp³-hybridized carbons (Fsp3) is 0.316. The first-order valence-electron chi connectivity index (χ1n) is 7.85. The summed E-state index contributed by atoms with van der Waals surface area (Å²) in [5.74, 6) is -0.222. The van der Waals surface area contributed by atoms with Crippen LogP contribution >= 0.6 is 0 Å². The molecule has 0 unspecified atom stereocenters. The number of rotatable bonds is 4. The Morgan fingerprint density at radius 2 is 1.32 bits per heavy atom. The lowest BCUT2D eigenvalue weighted by molar-refractivity contribution is 0.104. The van der Waals surface area contributed by atoms with E-state index in [1.54, 1.807) is 0 Å². The lowest BCUT2D eigenvalue weighted by Gasteiger charge is -2.16. The van der Waals surface area contributed by atoms with Crippen LogP contribution in [0.1, 0.15) is 53.7 Å². The highest BCUT2D eigenvalue weighted by molar-refractivity contribution is 6.23. The molecule has 0 saturated carbocycles. The molecule has 22 heavy (non-hydrogen) atoms. The molecular weight excluding hydrogens is 276 g/mol. The third-order valence-corrected chi connectivity index (χ3v) is 4.32. The number of benzene rings is 2. The molecule has 0 spiro atoms. The molecule has 0 bridgehead atoms. The van der Waals surface area contributed by atoms with E-state index >= 15 is 0 Å². The Balaban J connectivity index is 2.40. The third-order valence-electron chi connectivity index (χ3n) is 4.32. The summed E-state index contributed by atoms with van der Waals surface area (Å²) in [5.41, 5.74) is 4.21. The normalized spacial score (nSPS) is 12.4. The molecule has 2 N–H and O–H groups in total. The van der Waals surface area contributed by atoms with Gasteiger partial charge in [-0.3, -0.25) is 4.79 Å². The van der Waals surface area contributed by atoms with Crippen molar-refractivity contribution in [3.8, 4) is 22.6 Å². The second-order valence-electron chi connectivity index (χ2n) is 5.78. The Kier molecular flexibility index (Phi) is 3.65. The van der Waals surface area contributed by atoms with Crippen LogP contribution in [0.15, 0.2) is 24.3 Å². The van der Waals surface area contributed by atoms with Crippen molar-refractivity contribution in [2.45, 2.75) is 39.5 Å². The molecule has 2 aromatic rings. The van der Waals surface area contributed by atoms with Crippen LogP contribution in [0.5, 0.6) is 11.5 Å². The molecule has 0 heterocycles. The molecule has 3 rings (SSSR count). The van der Waals surface area contributed by atoms with Gasteiger partial charge in [0.1, 0.15) is 0 Å². The van der Waals surface area contributed by atoms with E-state index in [-0.39, 0.29) is 17.3 Å². The predicted octanol–water partition coefficient (Wildman–Crippen LogP) is 4.21. The standard InChI is InChI=1S/C19H20O3/c1-3-7-13-15-11-9-5-6-10-12(11)17(20)16(15)14(8-4-2)19(22)18(13)21/h5-6,9-10,21-22H,3-4,7-8H2,1-2H3. The van der Waals surface area contributed by atoms with Crippen molar-refractivity contribution in [2.24, 2.45) is 0 Å². The number of phenols is 2. The van der Waals surface area contributed by atoms with E-state index in [1.165, 1.54) is 0 Å². The Hall–Kier alpha value is -2.29. The van der Waals surface area contributed by atoms with Crippen molar-refractivity contribution < 1.29 is 15.0 Å². The van der Waals surface area contributed by atoms with E-state index < -0.39 is 0 Å². The quantitative estimate of drug-likeness (QED) is 0.709. The monoisotopic (exact) mass is 296 g/mol. The molecular formula is C19H20O3. The molecule has 114 valence electrons. The number of carbonyl (C=O) groups excluding carboxylic acids is 1. The molecule has 0 amide bonds. The van der Waals surface area contributed by atoms with Gasteiger partial charge >= 0.3 is 0 Å². The zero-order valence-electron chi connectivity index (χ0n) is 12.9. The van der Waals surface area contributed by atoms with E-state index in [9.17, 15) is 15.0 Å². The molecule has 0 fully saturated rings. The second-order valence-corrected chi connectivity index (χ2v) is 5.78. The lowest BCUT2D eigenvalue weighted by atomic mass is 9.89. The molecule has 3 heteroatoms. The molecule has 0 saturated heterocycles. The highest BCUT2D eigenvalue weighted by atomic mass is 16.3. The summed E-state index contributed by atoms with van der Waals surface area (Å²) in [4.78, 5) is 12.8. The lowest BCUT2D eigenvalue weighted by Crippen LogP contribution is -2.04. The van der Waals surface area contributed by atoms with Gasteiger partial charge in [0.25, 0.3) is 0 Å². The number of phenolic OH excluding ortho intramolecular Hbond substituents is 2. The van der Waals surface area contributed by atoms with Gasteiger partial charge in [-0.05, 0) is 18.4 Å². The van der Waals surface area contributed by atoms with Crippen molar-refractivity contribution >= 4 is 5.78 Å². The summed E-state index contributed by atoms with van der Waals surface area (Å²) in [6, 6.07) is 7.49. The average molecular weight is 296 g/mol.